The largest absolute Gasteiger partial charge is 0.355 e. The number of carbonyl (C=O) groups is 1. The highest BCUT2D eigenvalue weighted by Gasteiger charge is 2.17. The van der Waals surface area contributed by atoms with Crippen LogP contribution in [0.5, 0.6) is 0 Å². The number of aromatic amines is 1. The van der Waals surface area contributed by atoms with Crippen molar-refractivity contribution in [2.45, 2.75) is 37.1 Å². The van der Waals surface area contributed by atoms with E-state index in [1.54, 1.807) is 0 Å². The number of rotatable bonds is 6. The predicted octanol–water partition coefficient (Wildman–Crippen LogP) is 2.51. The van der Waals surface area contributed by atoms with Crippen molar-refractivity contribution in [3.63, 3.8) is 0 Å². The monoisotopic (exact) mass is 304 g/mol. The highest BCUT2D eigenvalue weighted by molar-refractivity contribution is 8.00. The van der Waals surface area contributed by atoms with E-state index in [9.17, 15) is 4.79 Å². The molecule has 1 amide bonds. The van der Waals surface area contributed by atoms with Crippen LogP contribution in [-0.2, 0) is 4.79 Å². The minimum atomic E-state index is -0.219. The van der Waals surface area contributed by atoms with Crippen LogP contribution >= 0.6 is 11.8 Å². The lowest BCUT2D eigenvalue weighted by atomic mass is 10.0. The molecule has 2 unspecified atom stereocenters. The molecule has 0 bridgehead atoms. The molecule has 1 heterocycles. The average molecular weight is 304 g/mol. The third-order valence-electron chi connectivity index (χ3n) is 3.18. The Kier molecular flexibility index (Phi) is 5.38. The summed E-state index contributed by atoms with van der Waals surface area (Å²) < 4.78 is 0. The molecule has 6 heteroatoms. The van der Waals surface area contributed by atoms with Gasteiger partial charge in [0.15, 0.2) is 0 Å². The van der Waals surface area contributed by atoms with Crippen LogP contribution in [0.1, 0.15) is 31.2 Å². The van der Waals surface area contributed by atoms with Crippen molar-refractivity contribution >= 4 is 17.7 Å². The van der Waals surface area contributed by atoms with Gasteiger partial charge in [0.25, 0.3) is 0 Å². The molecule has 0 aliphatic carbocycles. The normalized spacial score (nSPS) is 13.7. The van der Waals surface area contributed by atoms with E-state index in [1.807, 2.05) is 32.0 Å². The van der Waals surface area contributed by atoms with E-state index in [1.165, 1.54) is 17.3 Å². The molecule has 2 atom stereocenters. The summed E-state index contributed by atoms with van der Waals surface area (Å²) in [6.45, 7) is 6.43. The highest BCUT2D eigenvalue weighted by atomic mass is 32.2. The van der Waals surface area contributed by atoms with E-state index < -0.39 is 0 Å². The summed E-state index contributed by atoms with van der Waals surface area (Å²) in [6.07, 6.45) is 0. The lowest BCUT2D eigenvalue weighted by molar-refractivity contribution is -0.120. The first kappa shape index (κ1) is 15.6. The summed E-state index contributed by atoms with van der Waals surface area (Å²) in [5.74, 6) is 1.05. The molecule has 0 radical (unpaired) electrons. The Balaban J connectivity index is 1.81. The van der Waals surface area contributed by atoms with Gasteiger partial charge < -0.3 is 5.32 Å². The van der Waals surface area contributed by atoms with Crippen LogP contribution < -0.4 is 5.32 Å². The minimum Gasteiger partial charge on any atom is -0.355 e. The van der Waals surface area contributed by atoms with Crippen molar-refractivity contribution in [1.82, 2.24) is 20.5 Å². The summed E-state index contributed by atoms with van der Waals surface area (Å²) in [6, 6.07) is 10.2. The molecule has 21 heavy (non-hydrogen) atoms. The maximum Gasteiger partial charge on any atom is 0.233 e. The van der Waals surface area contributed by atoms with Gasteiger partial charge in [0.1, 0.15) is 5.82 Å². The molecule has 1 aromatic heterocycles. The second-order valence-electron chi connectivity index (χ2n) is 5.02. The van der Waals surface area contributed by atoms with Gasteiger partial charge in [-0.25, -0.2) is 4.98 Å². The van der Waals surface area contributed by atoms with Gasteiger partial charge in [-0.2, -0.15) is 0 Å². The number of thioether (sulfide) groups is 1. The molecule has 0 saturated carbocycles. The Hall–Kier alpha value is -1.82. The maximum absolute atomic E-state index is 12.1. The Morgan fingerprint density at radius 2 is 2.05 bits per heavy atom. The molecule has 2 rings (SSSR count). The Morgan fingerprint density at radius 1 is 1.33 bits per heavy atom. The first-order valence-corrected chi connectivity index (χ1v) is 7.82. The first-order chi connectivity index (χ1) is 10.1. The fourth-order valence-corrected chi connectivity index (χ4v) is 2.68. The molecular weight excluding hydrogens is 284 g/mol. The van der Waals surface area contributed by atoms with Gasteiger partial charge in [-0.3, -0.25) is 9.89 Å². The molecule has 1 aromatic carbocycles. The molecule has 5 nitrogen and oxygen atoms in total. The van der Waals surface area contributed by atoms with Crippen LogP contribution in [0, 0.1) is 6.92 Å². The fourth-order valence-electron chi connectivity index (χ4n) is 1.88. The molecule has 0 aliphatic heterocycles. The second kappa shape index (κ2) is 7.26. The summed E-state index contributed by atoms with van der Waals surface area (Å²) in [7, 11) is 0. The topological polar surface area (TPSA) is 70.7 Å². The fraction of sp³-hybridized carbons (Fsp3) is 0.400. The van der Waals surface area contributed by atoms with Gasteiger partial charge in [-0.15, -0.1) is 5.10 Å². The van der Waals surface area contributed by atoms with Crippen molar-refractivity contribution in [1.29, 1.82) is 0 Å². The molecule has 0 spiro atoms. The van der Waals surface area contributed by atoms with Crippen LogP contribution in [0.4, 0.5) is 0 Å². The summed E-state index contributed by atoms with van der Waals surface area (Å²) in [5, 5.41) is 10.2. The van der Waals surface area contributed by atoms with Crippen LogP contribution in [0.2, 0.25) is 0 Å². The Morgan fingerprint density at radius 3 is 2.67 bits per heavy atom. The molecule has 0 fully saturated rings. The smallest absolute Gasteiger partial charge is 0.233 e. The van der Waals surface area contributed by atoms with Gasteiger partial charge in [-0.05, 0) is 25.3 Å². The number of hydrogen-bond acceptors (Lipinski definition) is 4. The van der Waals surface area contributed by atoms with Crippen molar-refractivity contribution in [3.8, 4) is 0 Å². The van der Waals surface area contributed by atoms with Crippen LogP contribution in [-0.4, -0.2) is 32.9 Å². The number of hydrogen-bond donors (Lipinski definition) is 2. The zero-order valence-corrected chi connectivity index (χ0v) is 13.3. The second-order valence-corrected chi connectivity index (χ2v) is 6.33. The molecule has 0 saturated heterocycles. The van der Waals surface area contributed by atoms with Crippen LogP contribution in [0.25, 0.3) is 0 Å². The Labute approximate surface area is 128 Å². The van der Waals surface area contributed by atoms with E-state index in [0.717, 1.165) is 5.82 Å². The van der Waals surface area contributed by atoms with Gasteiger partial charge >= 0.3 is 0 Å². The number of carbonyl (C=O) groups excluding carboxylic acids is 1. The lowest BCUT2D eigenvalue weighted by Crippen LogP contribution is -2.33. The van der Waals surface area contributed by atoms with E-state index in [-0.39, 0.29) is 17.1 Å². The van der Waals surface area contributed by atoms with Crippen molar-refractivity contribution in [3.05, 3.63) is 41.7 Å². The number of aryl methyl sites for hydroxylation is 1. The quantitative estimate of drug-likeness (QED) is 0.805. The van der Waals surface area contributed by atoms with E-state index in [4.69, 9.17) is 0 Å². The summed E-state index contributed by atoms with van der Waals surface area (Å²) in [5.41, 5.74) is 1.22. The molecule has 112 valence electrons. The highest BCUT2D eigenvalue weighted by Crippen LogP contribution is 2.19. The number of H-pyrrole nitrogens is 1. The van der Waals surface area contributed by atoms with Gasteiger partial charge in [0, 0.05) is 6.54 Å². The van der Waals surface area contributed by atoms with Crippen molar-refractivity contribution in [2.75, 3.05) is 6.54 Å². The summed E-state index contributed by atoms with van der Waals surface area (Å²) in [4.78, 5) is 16.3. The lowest BCUT2D eigenvalue weighted by Gasteiger charge is -2.15. The number of nitrogens with zero attached hydrogens (tertiary/aromatic N) is 2. The standard InChI is InChI=1S/C15H20N4OS/c1-10(13-7-5-4-6-8-13)9-16-14(20)11(2)21-15-17-12(3)18-19-15/h4-8,10-11H,9H2,1-3H3,(H,16,20)(H,17,18,19). The summed E-state index contributed by atoms with van der Waals surface area (Å²) >= 11 is 1.35. The van der Waals surface area contributed by atoms with E-state index >= 15 is 0 Å². The average Bonchev–Trinajstić information content (AvgIpc) is 2.90. The van der Waals surface area contributed by atoms with Crippen LogP contribution in [0.15, 0.2) is 35.5 Å². The van der Waals surface area contributed by atoms with Gasteiger partial charge in [-0.1, -0.05) is 49.0 Å². The van der Waals surface area contributed by atoms with Crippen molar-refractivity contribution in [2.24, 2.45) is 0 Å². The van der Waals surface area contributed by atoms with Crippen molar-refractivity contribution < 1.29 is 4.79 Å². The third kappa shape index (κ3) is 4.60. The molecule has 0 aliphatic rings. The number of benzene rings is 1. The number of nitrogens with one attached hydrogen (secondary N) is 2. The first-order valence-electron chi connectivity index (χ1n) is 6.94. The zero-order valence-electron chi connectivity index (χ0n) is 12.5. The SMILES string of the molecule is Cc1nc(SC(C)C(=O)NCC(C)c2ccccc2)n[nH]1. The number of aromatic nitrogens is 3. The third-order valence-corrected chi connectivity index (χ3v) is 4.14. The van der Waals surface area contributed by atoms with E-state index in [0.29, 0.717) is 11.7 Å². The predicted molar refractivity (Wildman–Crippen MR) is 84.3 cm³/mol. The van der Waals surface area contributed by atoms with Crippen LogP contribution in [0.3, 0.4) is 0 Å². The maximum atomic E-state index is 12.1. The number of amides is 1. The van der Waals surface area contributed by atoms with Gasteiger partial charge in [0.05, 0.1) is 5.25 Å². The molecule has 2 N–H and O–H groups in total. The molecule has 2 aromatic rings. The molecular formula is C15H20N4OS. The zero-order chi connectivity index (χ0) is 15.2. The van der Waals surface area contributed by atoms with Gasteiger partial charge in [0.2, 0.25) is 11.1 Å². The Bertz CT molecular complexity index is 584. The van der Waals surface area contributed by atoms with E-state index in [2.05, 4.69) is 39.6 Å². The minimum absolute atomic E-state index is 0.00485.